The average Bonchev–Trinajstić information content (AvgIpc) is 3.66. The van der Waals surface area contributed by atoms with Gasteiger partial charge in [-0.05, 0) is 94.6 Å². The van der Waals surface area contributed by atoms with Crippen molar-refractivity contribution in [1.29, 1.82) is 0 Å². The largest absolute Gasteiger partial charge is 0.343 e. The molecule has 0 spiro atoms. The van der Waals surface area contributed by atoms with Crippen molar-refractivity contribution in [3.63, 3.8) is 0 Å². The Kier molecular flexibility index (Phi) is 6.49. The highest BCUT2D eigenvalue weighted by Gasteiger charge is 2.37. The number of likely N-dealkylation sites (tertiary alicyclic amines) is 1. The Morgan fingerprint density at radius 2 is 1.88 bits per heavy atom. The molecule has 2 fully saturated rings. The second-order valence-electron chi connectivity index (χ2n) is 11.7. The first kappa shape index (κ1) is 25.5. The Balaban J connectivity index is 1.08. The van der Waals surface area contributed by atoms with Gasteiger partial charge in [0.05, 0.1) is 17.6 Å². The van der Waals surface area contributed by atoms with Crippen molar-refractivity contribution in [2.75, 3.05) is 19.6 Å². The van der Waals surface area contributed by atoms with Gasteiger partial charge >= 0.3 is 0 Å². The van der Waals surface area contributed by atoms with E-state index in [4.69, 9.17) is 0 Å². The number of halogens is 1. The van der Waals surface area contributed by atoms with Crippen LogP contribution in [0.25, 0.3) is 21.8 Å². The second kappa shape index (κ2) is 10.2. The lowest BCUT2D eigenvalue weighted by atomic mass is 9.88. The van der Waals surface area contributed by atoms with Crippen LogP contribution in [-0.2, 0) is 22.6 Å². The summed E-state index contributed by atoms with van der Waals surface area (Å²) < 4.78 is 0.928. The van der Waals surface area contributed by atoms with Gasteiger partial charge in [0.1, 0.15) is 0 Å². The van der Waals surface area contributed by atoms with Gasteiger partial charge in [0.15, 0.2) is 0 Å². The molecule has 7 rings (SSSR count). The average molecular weight is 603 g/mol. The van der Waals surface area contributed by atoms with Gasteiger partial charge in [-0.1, -0.05) is 18.2 Å². The predicted molar refractivity (Wildman–Crippen MR) is 157 cm³/mol. The van der Waals surface area contributed by atoms with E-state index in [1.807, 2.05) is 46.3 Å². The highest BCUT2D eigenvalue weighted by molar-refractivity contribution is 9.10. The Morgan fingerprint density at radius 1 is 1.07 bits per heavy atom. The first-order valence-corrected chi connectivity index (χ1v) is 15.1. The number of piperidine rings is 1. The first-order valence-electron chi connectivity index (χ1n) is 14.3. The Hall–Kier alpha value is -3.46. The molecule has 4 aromatic rings. The van der Waals surface area contributed by atoms with E-state index in [2.05, 4.69) is 37.2 Å². The standard InChI is InChI=1S/C31H32BrN5O3/c32-26-13-21-11-22(31(40)37(16-18-5-6-18)17-25(21)24-15-33-35-29(24)26)14-28(38)36-9-7-19(8-10-36)23-12-20-3-1-2-4-27(20)34-30(23)39/h1-4,12-13,15,18-19,22H,5-11,14,16-17H2,(H,33,35)(H,34,39). The van der Waals surface area contributed by atoms with Gasteiger partial charge in [-0.15, -0.1) is 0 Å². The molecule has 2 aromatic carbocycles. The van der Waals surface area contributed by atoms with E-state index in [-0.39, 0.29) is 35.6 Å². The van der Waals surface area contributed by atoms with Crippen LogP contribution in [-0.4, -0.2) is 56.4 Å². The zero-order chi connectivity index (χ0) is 27.4. The van der Waals surface area contributed by atoms with Gasteiger partial charge in [0, 0.05) is 53.5 Å². The summed E-state index contributed by atoms with van der Waals surface area (Å²) in [6, 6.07) is 11.9. The van der Waals surface area contributed by atoms with Crippen LogP contribution in [0.4, 0.5) is 0 Å². The molecule has 1 unspecified atom stereocenters. The smallest absolute Gasteiger partial charge is 0.251 e. The molecule has 9 heteroatoms. The molecule has 2 amide bonds. The van der Waals surface area contributed by atoms with Crippen molar-refractivity contribution >= 4 is 49.6 Å². The van der Waals surface area contributed by atoms with Crippen molar-refractivity contribution in [2.24, 2.45) is 11.8 Å². The third-order valence-corrected chi connectivity index (χ3v) is 9.66. The van der Waals surface area contributed by atoms with Crippen LogP contribution in [0.3, 0.4) is 0 Å². The first-order chi connectivity index (χ1) is 19.4. The molecule has 40 heavy (non-hydrogen) atoms. The number of carbonyl (C=O) groups excluding carboxylic acids is 2. The number of nitrogens with zero attached hydrogens (tertiary/aromatic N) is 3. The maximum absolute atomic E-state index is 13.8. The number of nitrogens with one attached hydrogen (secondary N) is 2. The molecular weight excluding hydrogens is 570 g/mol. The summed E-state index contributed by atoms with van der Waals surface area (Å²) in [5, 5.41) is 9.39. The zero-order valence-electron chi connectivity index (χ0n) is 22.3. The molecule has 4 heterocycles. The lowest BCUT2D eigenvalue weighted by molar-refractivity contribution is -0.142. The van der Waals surface area contributed by atoms with Crippen LogP contribution in [0, 0.1) is 11.8 Å². The molecule has 0 radical (unpaired) electrons. The molecule has 2 aromatic heterocycles. The Bertz CT molecular complexity index is 1680. The minimum atomic E-state index is -0.384. The summed E-state index contributed by atoms with van der Waals surface area (Å²) in [5.41, 5.74) is 4.79. The fourth-order valence-corrected chi connectivity index (χ4v) is 7.18. The monoisotopic (exact) mass is 601 g/mol. The third kappa shape index (κ3) is 4.74. The van der Waals surface area contributed by atoms with Gasteiger partial charge < -0.3 is 14.8 Å². The van der Waals surface area contributed by atoms with Gasteiger partial charge in [0.2, 0.25) is 11.8 Å². The van der Waals surface area contributed by atoms with Gasteiger partial charge in [-0.3, -0.25) is 19.5 Å². The molecule has 206 valence electrons. The summed E-state index contributed by atoms with van der Waals surface area (Å²) >= 11 is 3.67. The Labute approximate surface area is 240 Å². The number of amides is 2. The van der Waals surface area contributed by atoms with Crippen molar-refractivity contribution in [3.8, 4) is 0 Å². The number of rotatable bonds is 5. The molecule has 0 bridgehead atoms. The van der Waals surface area contributed by atoms with Crippen LogP contribution in [0.15, 0.2) is 51.9 Å². The van der Waals surface area contributed by atoms with E-state index in [0.29, 0.717) is 32.0 Å². The molecule has 1 atom stereocenters. The summed E-state index contributed by atoms with van der Waals surface area (Å²) in [7, 11) is 0. The van der Waals surface area contributed by atoms with Crippen molar-refractivity contribution in [3.05, 3.63) is 74.1 Å². The van der Waals surface area contributed by atoms with Crippen LogP contribution < -0.4 is 5.56 Å². The van der Waals surface area contributed by atoms with Crippen LogP contribution in [0.1, 0.15) is 54.7 Å². The van der Waals surface area contributed by atoms with E-state index < -0.39 is 0 Å². The lowest BCUT2D eigenvalue weighted by Gasteiger charge is -2.33. The number of H-pyrrole nitrogens is 2. The summed E-state index contributed by atoms with van der Waals surface area (Å²) in [6.45, 7) is 2.51. The number of aromatic nitrogens is 3. The number of fused-ring (bicyclic) bond motifs is 4. The molecule has 2 aliphatic heterocycles. The molecular formula is C31H32BrN5O3. The van der Waals surface area contributed by atoms with E-state index in [1.54, 1.807) is 0 Å². The summed E-state index contributed by atoms with van der Waals surface area (Å²) in [4.78, 5) is 47.1. The summed E-state index contributed by atoms with van der Waals surface area (Å²) in [6.07, 6.45) is 6.41. The molecule has 2 N–H and O–H groups in total. The minimum Gasteiger partial charge on any atom is -0.343 e. The fraction of sp³-hybridized carbons (Fsp3) is 0.419. The van der Waals surface area contributed by atoms with Crippen molar-refractivity contribution in [2.45, 2.75) is 51.0 Å². The zero-order valence-corrected chi connectivity index (χ0v) is 23.9. The number of para-hydroxylation sites is 1. The quantitative estimate of drug-likeness (QED) is 0.340. The molecule has 3 aliphatic rings. The normalized spacial score (nSPS) is 20.2. The molecule has 8 nitrogen and oxygen atoms in total. The molecule has 1 saturated carbocycles. The van der Waals surface area contributed by atoms with E-state index in [0.717, 1.165) is 75.2 Å². The number of aromatic amines is 2. The van der Waals surface area contributed by atoms with Gasteiger partial charge in [-0.25, -0.2) is 0 Å². The molecule has 1 saturated heterocycles. The number of hydrogen-bond acceptors (Lipinski definition) is 4. The van der Waals surface area contributed by atoms with Crippen LogP contribution in [0.5, 0.6) is 0 Å². The number of hydrogen-bond donors (Lipinski definition) is 2. The minimum absolute atomic E-state index is 0.0301. The highest BCUT2D eigenvalue weighted by atomic mass is 79.9. The second-order valence-corrected chi connectivity index (χ2v) is 12.6. The number of carbonyl (C=O) groups is 2. The number of pyridine rings is 1. The SMILES string of the molecule is O=C(CC1Cc2cc(Br)c3[nH]ncc3c2CN(CC2CC2)C1=O)N1CCC(c2cc3ccccc3[nH]c2=O)CC1. The van der Waals surface area contributed by atoms with E-state index >= 15 is 0 Å². The van der Waals surface area contributed by atoms with Crippen LogP contribution >= 0.6 is 15.9 Å². The van der Waals surface area contributed by atoms with Crippen LogP contribution in [0.2, 0.25) is 0 Å². The number of benzene rings is 2. The Morgan fingerprint density at radius 3 is 2.67 bits per heavy atom. The maximum atomic E-state index is 13.8. The predicted octanol–water partition coefficient (Wildman–Crippen LogP) is 4.87. The lowest BCUT2D eigenvalue weighted by Crippen LogP contribution is -2.42. The van der Waals surface area contributed by atoms with E-state index in [1.165, 1.54) is 0 Å². The molecule has 1 aliphatic carbocycles. The van der Waals surface area contributed by atoms with Crippen molar-refractivity contribution in [1.82, 2.24) is 25.0 Å². The van der Waals surface area contributed by atoms with Gasteiger partial charge in [-0.2, -0.15) is 5.10 Å². The highest BCUT2D eigenvalue weighted by Crippen LogP contribution is 2.37. The third-order valence-electron chi connectivity index (χ3n) is 9.03. The van der Waals surface area contributed by atoms with Crippen molar-refractivity contribution < 1.29 is 9.59 Å². The fourth-order valence-electron chi connectivity index (χ4n) is 6.60. The topological polar surface area (TPSA) is 102 Å². The summed E-state index contributed by atoms with van der Waals surface area (Å²) in [5.74, 6) is 0.413. The van der Waals surface area contributed by atoms with Gasteiger partial charge in [0.25, 0.3) is 5.56 Å². The van der Waals surface area contributed by atoms with E-state index in [9.17, 15) is 14.4 Å². The maximum Gasteiger partial charge on any atom is 0.251 e.